The molecular formula is C22H25Cl3O5. The molecule has 1 atom stereocenters. The third-order valence-corrected chi connectivity index (χ3v) is 5.52. The molecule has 0 heterocycles. The van der Waals surface area contributed by atoms with Gasteiger partial charge in [-0.3, -0.25) is 4.79 Å². The fourth-order valence-electron chi connectivity index (χ4n) is 2.78. The second kappa shape index (κ2) is 11.2. The van der Waals surface area contributed by atoms with Gasteiger partial charge in [-0.25, -0.2) is 0 Å². The van der Waals surface area contributed by atoms with E-state index >= 15 is 0 Å². The number of aliphatic hydroxyl groups is 1. The molecule has 0 fully saturated rings. The number of halogens is 3. The van der Waals surface area contributed by atoms with Gasteiger partial charge in [0.25, 0.3) is 0 Å². The number of ketones is 1. The quantitative estimate of drug-likeness (QED) is 0.469. The van der Waals surface area contributed by atoms with Gasteiger partial charge in [0.1, 0.15) is 31.7 Å². The van der Waals surface area contributed by atoms with Crippen LogP contribution in [0.1, 0.15) is 25.0 Å². The Labute approximate surface area is 191 Å². The minimum atomic E-state index is -0.805. The van der Waals surface area contributed by atoms with Crippen LogP contribution in [0.2, 0.25) is 10.0 Å². The lowest BCUT2D eigenvalue weighted by Gasteiger charge is -2.27. The number of hydrogen-bond acceptors (Lipinski definition) is 5. The first-order chi connectivity index (χ1) is 14.2. The predicted molar refractivity (Wildman–Crippen MR) is 120 cm³/mol. The average molecular weight is 476 g/mol. The average Bonchev–Trinajstić information content (AvgIpc) is 2.71. The lowest BCUT2D eigenvalue weighted by molar-refractivity contribution is -0.124. The van der Waals surface area contributed by atoms with Gasteiger partial charge in [-0.05, 0) is 35.4 Å². The van der Waals surface area contributed by atoms with Crippen molar-refractivity contribution in [3.8, 4) is 11.5 Å². The normalized spacial score (nSPS) is 12.5. The van der Waals surface area contributed by atoms with Crippen molar-refractivity contribution in [2.75, 3.05) is 32.8 Å². The van der Waals surface area contributed by atoms with Crippen molar-refractivity contribution < 1.29 is 24.1 Å². The van der Waals surface area contributed by atoms with E-state index in [0.717, 1.165) is 11.1 Å². The van der Waals surface area contributed by atoms with Crippen molar-refractivity contribution in [3.05, 3.63) is 57.6 Å². The third-order valence-electron chi connectivity index (χ3n) is 4.60. The number of hydrogen-bond donors (Lipinski definition) is 1. The molecule has 1 N–H and O–H groups in total. The van der Waals surface area contributed by atoms with Crippen molar-refractivity contribution in [1.29, 1.82) is 0 Å². The van der Waals surface area contributed by atoms with E-state index < -0.39 is 11.5 Å². The maximum Gasteiger partial charge on any atom is 0.195 e. The zero-order chi connectivity index (χ0) is 22.3. The minimum Gasteiger partial charge on any atom is -0.488 e. The van der Waals surface area contributed by atoms with Gasteiger partial charge < -0.3 is 19.3 Å². The Balaban J connectivity index is 2.17. The van der Waals surface area contributed by atoms with Crippen molar-refractivity contribution in [2.24, 2.45) is 0 Å². The number of Topliss-reactive ketones (excluding diaryl/α,β-unsaturated/α-hetero) is 1. The largest absolute Gasteiger partial charge is 0.488 e. The molecule has 2 aromatic rings. The molecule has 0 bridgehead atoms. The molecule has 0 aliphatic rings. The maximum atomic E-state index is 11.5. The van der Waals surface area contributed by atoms with Gasteiger partial charge in [0, 0.05) is 12.5 Å². The summed E-state index contributed by atoms with van der Waals surface area (Å²) in [7, 11) is 1.47. The summed E-state index contributed by atoms with van der Waals surface area (Å²) in [6.07, 6.45) is -0.805. The topological polar surface area (TPSA) is 65.0 Å². The third kappa shape index (κ3) is 6.50. The lowest BCUT2D eigenvalue weighted by atomic mass is 9.78. The lowest BCUT2D eigenvalue weighted by Crippen LogP contribution is -2.21. The number of carbonyl (C=O) groups is 1. The molecule has 0 saturated heterocycles. The highest BCUT2D eigenvalue weighted by Crippen LogP contribution is 2.40. The molecule has 2 rings (SSSR count). The van der Waals surface area contributed by atoms with Crippen LogP contribution in [0.5, 0.6) is 11.5 Å². The molecule has 2 aromatic carbocycles. The van der Waals surface area contributed by atoms with Gasteiger partial charge in [0.15, 0.2) is 11.5 Å². The monoisotopic (exact) mass is 474 g/mol. The summed E-state index contributed by atoms with van der Waals surface area (Å²) < 4.78 is 15.8. The number of carbonyl (C=O) groups excluding carboxylic acids is 1. The van der Waals surface area contributed by atoms with Gasteiger partial charge in [0.2, 0.25) is 0 Å². The van der Waals surface area contributed by atoms with Crippen molar-refractivity contribution in [3.63, 3.8) is 0 Å². The zero-order valence-corrected chi connectivity index (χ0v) is 19.4. The highest BCUT2D eigenvalue weighted by molar-refractivity contribution is 6.37. The van der Waals surface area contributed by atoms with Crippen LogP contribution >= 0.6 is 34.8 Å². The zero-order valence-electron chi connectivity index (χ0n) is 17.1. The van der Waals surface area contributed by atoms with Gasteiger partial charge in [-0.2, -0.15) is 0 Å². The number of ether oxygens (including phenoxy) is 3. The number of aliphatic hydroxyl groups excluding tert-OH is 1. The van der Waals surface area contributed by atoms with E-state index in [1.807, 2.05) is 38.1 Å². The Bertz CT molecular complexity index is 829. The van der Waals surface area contributed by atoms with Crippen LogP contribution in [0.15, 0.2) is 36.4 Å². The van der Waals surface area contributed by atoms with Crippen molar-refractivity contribution in [1.82, 2.24) is 0 Å². The van der Waals surface area contributed by atoms with E-state index in [2.05, 4.69) is 0 Å². The van der Waals surface area contributed by atoms with Crippen LogP contribution in [0.4, 0.5) is 0 Å². The molecule has 0 amide bonds. The first-order valence-electron chi connectivity index (χ1n) is 9.29. The molecule has 5 nitrogen and oxygen atoms in total. The molecule has 0 aromatic heterocycles. The van der Waals surface area contributed by atoms with E-state index in [4.69, 9.17) is 49.0 Å². The molecule has 0 unspecified atom stereocenters. The van der Waals surface area contributed by atoms with E-state index in [9.17, 15) is 9.90 Å². The Hall–Kier alpha value is -1.50. The van der Waals surface area contributed by atoms with Gasteiger partial charge in [0.05, 0.1) is 15.9 Å². The van der Waals surface area contributed by atoms with Crippen molar-refractivity contribution >= 4 is 40.6 Å². The fourth-order valence-corrected chi connectivity index (χ4v) is 3.47. The van der Waals surface area contributed by atoms with Crippen LogP contribution in [0.3, 0.4) is 0 Å². The molecular weight excluding hydrogens is 451 g/mol. The van der Waals surface area contributed by atoms with Crippen molar-refractivity contribution in [2.45, 2.75) is 25.4 Å². The predicted octanol–water partition coefficient (Wildman–Crippen LogP) is 4.89. The molecule has 0 aliphatic carbocycles. The molecule has 0 aliphatic heterocycles. The van der Waals surface area contributed by atoms with Crippen LogP contribution in [0, 0.1) is 0 Å². The van der Waals surface area contributed by atoms with E-state index in [-0.39, 0.29) is 31.5 Å². The summed E-state index contributed by atoms with van der Waals surface area (Å²) in [5.74, 6) is 0.830. The number of benzene rings is 2. The molecule has 0 spiro atoms. The highest BCUT2D eigenvalue weighted by Gasteiger charge is 2.26. The molecule has 30 heavy (non-hydrogen) atoms. The van der Waals surface area contributed by atoms with Crippen LogP contribution in [-0.4, -0.2) is 49.8 Å². The fraction of sp³-hybridized carbons (Fsp3) is 0.409. The Morgan fingerprint density at radius 1 is 1.03 bits per heavy atom. The summed E-state index contributed by atoms with van der Waals surface area (Å²) in [6, 6.07) is 11.1. The Morgan fingerprint density at radius 2 is 1.63 bits per heavy atom. The van der Waals surface area contributed by atoms with Gasteiger partial charge in [-0.1, -0.05) is 49.2 Å². The smallest absolute Gasteiger partial charge is 0.195 e. The van der Waals surface area contributed by atoms with Gasteiger partial charge in [-0.15, -0.1) is 11.6 Å². The molecule has 164 valence electrons. The van der Waals surface area contributed by atoms with E-state index in [1.54, 1.807) is 12.1 Å². The first kappa shape index (κ1) is 24.8. The van der Waals surface area contributed by atoms with Crippen LogP contribution < -0.4 is 9.47 Å². The number of methoxy groups -OCH3 is 1. The second-order valence-corrected chi connectivity index (χ2v) is 8.42. The summed E-state index contributed by atoms with van der Waals surface area (Å²) in [4.78, 5) is 11.5. The number of rotatable bonds is 11. The maximum absolute atomic E-state index is 11.5. The SMILES string of the molecule is COCC(=O)COc1ccc(C(C)(C)c2cc(Cl)c(OC[C@H](O)CCl)c(Cl)c2)cc1. The molecule has 0 saturated carbocycles. The highest BCUT2D eigenvalue weighted by atomic mass is 35.5. The van der Waals surface area contributed by atoms with E-state index in [0.29, 0.717) is 21.5 Å². The Kier molecular flexibility index (Phi) is 9.26. The van der Waals surface area contributed by atoms with Crippen LogP contribution in [-0.2, 0) is 14.9 Å². The summed E-state index contributed by atoms with van der Waals surface area (Å²) in [6.45, 7) is 4.08. The summed E-state index contributed by atoms with van der Waals surface area (Å²) >= 11 is 18.4. The minimum absolute atomic E-state index is 0.0000254. The second-order valence-electron chi connectivity index (χ2n) is 7.30. The summed E-state index contributed by atoms with van der Waals surface area (Å²) in [5.41, 5.74) is 1.49. The molecule has 8 heteroatoms. The standard InChI is InChI=1S/C22H25Cl3O5/c1-22(2,14-4-6-18(7-5-14)29-13-17(27)11-28-3)15-8-19(24)21(20(25)9-15)30-12-16(26)10-23/h4-9,16,26H,10-13H2,1-3H3/t16-/m1/s1. The number of alkyl halides is 1. The Morgan fingerprint density at radius 3 is 2.17 bits per heavy atom. The van der Waals surface area contributed by atoms with Gasteiger partial charge >= 0.3 is 0 Å². The van der Waals surface area contributed by atoms with Crippen LogP contribution in [0.25, 0.3) is 0 Å². The van der Waals surface area contributed by atoms with E-state index in [1.165, 1.54) is 7.11 Å². The first-order valence-corrected chi connectivity index (χ1v) is 10.6. The summed E-state index contributed by atoms with van der Waals surface area (Å²) in [5, 5.41) is 10.3. The molecule has 0 radical (unpaired) electrons.